The molecule has 0 bridgehead atoms. The molecule has 0 aliphatic rings. The second kappa shape index (κ2) is 9.39. The zero-order valence-corrected chi connectivity index (χ0v) is 16.0. The first kappa shape index (κ1) is 18.5. The summed E-state index contributed by atoms with van der Waals surface area (Å²) in [5, 5.41) is 6.96. The molecule has 2 N–H and O–H groups in total. The third-order valence-corrected chi connectivity index (χ3v) is 4.02. The van der Waals surface area contributed by atoms with Gasteiger partial charge in [0.25, 0.3) is 0 Å². The Balaban J connectivity index is 3.56. The van der Waals surface area contributed by atoms with Gasteiger partial charge in [-0.05, 0) is 0 Å². The molecular weight excluding hydrogens is 392 g/mol. The predicted molar refractivity (Wildman–Crippen MR) is 78.3 cm³/mol. The average molecular weight is 424 g/mol. The molecule has 0 amide bonds. The molecule has 0 fully saturated rings. The van der Waals surface area contributed by atoms with Gasteiger partial charge < -0.3 is 0 Å². The van der Waals surface area contributed by atoms with Crippen molar-refractivity contribution < 1.29 is 19.4 Å². The van der Waals surface area contributed by atoms with Crippen LogP contribution in [0.5, 0.6) is 0 Å². The van der Waals surface area contributed by atoms with Gasteiger partial charge in [-0.1, -0.05) is 0 Å². The summed E-state index contributed by atoms with van der Waals surface area (Å²) in [7, 11) is 0. The molecule has 3 heteroatoms. The summed E-state index contributed by atoms with van der Waals surface area (Å²) in [4.78, 5) is 0. The third-order valence-electron chi connectivity index (χ3n) is 2.98. The molecule has 0 aliphatic heterocycles. The predicted octanol–water partition coefficient (Wildman–Crippen LogP) is 3.31. The maximum absolute atomic E-state index is 3.51. The first-order valence-corrected chi connectivity index (χ1v) is 8.69. The fourth-order valence-electron chi connectivity index (χ4n) is 1.62. The molecule has 1 unspecified atom stereocenters. The molecular formula is C15H32N2W. The van der Waals surface area contributed by atoms with Crippen molar-refractivity contribution in [1.29, 1.82) is 0 Å². The fraction of sp³-hybridized carbons (Fsp3) is 0.933. The van der Waals surface area contributed by atoms with Gasteiger partial charge in [0.15, 0.2) is 0 Å². The van der Waals surface area contributed by atoms with Gasteiger partial charge in [0.2, 0.25) is 0 Å². The van der Waals surface area contributed by atoms with Crippen LogP contribution < -0.4 is 10.6 Å². The summed E-state index contributed by atoms with van der Waals surface area (Å²) in [6.07, 6.45) is 3.94. The van der Waals surface area contributed by atoms with E-state index in [1.54, 1.807) is 0 Å². The van der Waals surface area contributed by atoms with Gasteiger partial charge in [0.05, 0.1) is 0 Å². The van der Waals surface area contributed by atoms with Crippen molar-refractivity contribution in [1.82, 2.24) is 10.6 Å². The van der Waals surface area contributed by atoms with E-state index in [0.717, 1.165) is 19.0 Å². The minimum absolute atomic E-state index is 0.479. The molecule has 1 atom stereocenters. The van der Waals surface area contributed by atoms with Crippen LogP contribution in [0.1, 0.15) is 60.8 Å². The van der Waals surface area contributed by atoms with Crippen LogP contribution in [0, 0.1) is 17.3 Å². The Morgan fingerprint density at radius 3 is 2.17 bits per heavy atom. The second-order valence-corrected chi connectivity index (χ2v) is 8.49. The summed E-state index contributed by atoms with van der Waals surface area (Å²) in [5.74, 6) is 1.54. The van der Waals surface area contributed by atoms with Crippen molar-refractivity contribution >= 4 is 4.15 Å². The van der Waals surface area contributed by atoms with Gasteiger partial charge >= 0.3 is 125 Å². The third kappa shape index (κ3) is 12.9. The minimum atomic E-state index is 0.479. The van der Waals surface area contributed by atoms with Crippen molar-refractivity contribution in [2.75, 3.05) is 13.1 Å². The molecule has 108 valence electrons. The SMILES string of the molecule is CC(C)CN[C](=[W])NCCC(C)CCC(C)(C)C. The van der Waals surface area contributed by atoms with E-state index < -0.39 is 0 Å². The molecule has 0 spiro atoms. The van der Waals surface area contributed by atoms with Crippen molar-refractivity contribution in [2.45, 2.75) is 60.8 Å². The van der Waals surface area contributed by atoms with Crippen molar-refractivity contribution in [3.8, 4) is 0 Å². The van der Waals surface area contributed by atoms with Crippen molar-refractivity contribution in [2.24, 2.45) is 17.3 Å². The zero-order chi connectivity index (χ0) is 14.2. The van der Waals surface area contributed by atoms with Crippen molar-refractivity contribution in [3.05, 3.63) is 0 Å². The Morgan fingerprint density at radius 1 is 1.06 bits per heavy atom. The van der Waals surface area contributed by atoms with Crippen LogP contribution in [0.4, 0.5) is 0 Å². The van der Waals surface area contributed by atoms with E-state index in [4.69, 9.17) is 0 Å². The molecule has 0 saturated carbocycles. The number of hydrogen-bond acceptors (Lipinski definition) is 2. The van der Waals surface area contributed by atoms with E-state index in [1.165, 1.54) is 42.8 Å². The quantitative estimate of drug-likeness (QED) is 0.594. The van der Waals surface area contributed by atoms with Gasteiger partial charge in [0, 0.05) is 0 Å². The standard InChI is InChI=1S/C15H32N2.W/c1-13(2)11-17-12-16-10-8-14(3)7-9-15(4,5)6;/h13-14,16-17H,7-11H2,1-6H3;. The first-order valence-electron chi connectivity index (χ1n) is 7.22. The van der Waals surface area contributed by atoms with Crippen LogP contribution in [0.2, 0.25) is 0 Å². The molecule has 2 nitrogen and oxygen atoms in total. The zero-order valence-electron chi connectivity index (χ0n) is 13.1. The van der Waals surface area contributed by atoms with Gasteiger partial charge in [-0.15, -0.1) is 0 Å². The van der Waals surface area contributed by atoms with Gasteiger partial charge in [-0.2, -0.15) is 0 Å². The monoisotopic (exact) mass is 424 g/mol. The van der Waals surface area contributed by atoms with E-state index in [9.17, 15) is 0 Å². The van der Waals surface area contributed by atoms with Crippen LogP contribution in [-0.4, -0.2) is 17.2 Å². The van der Waals surface area contributed by atoms with Gasteiger partial charge in [0.1, 0.15) is 0 Å². The molecule has 0 aromatic carbocycles. The van der Waals surface area contributed by atoms with Gasteiger partial charge in [-0.3, -0.25) is 0 Å². The Bertz CT molecular complexity index is 231. The topological polar surface area (TPSA) is 24.1 Å². The second-order valence-electron chi connectivity index (χ2n) is 7.02. The Kier molecular flexibility index (Phi) is 9.64. The first-order chi connectivity index (χ1) is 8.20. The molecule has 0 aliphatic carbocycles. The van der Waals surface area contributed by atoms with Crippen LogP contribution in [0.15, 0.2) is 0 Å². The van der Waals surface area contributed by atoms with Crippen LogP contribution in [0.25, 0.3) is 0 Å². The Hall–Kier alpha value is 0.478. The summed E-state index contributed by atoms with van der Waals surface area (Å²) in [6, 6.07) is 0. The van der Waals surface area contributed by atoms with Crippen LogP contribution >= 0.6 is 0 Å². The molecule has 18 heavy (non-hydrogen) atoms. The summed E-state index contributed by atoms with van der Waals surface area (Å²) in [5.41, 5.74) is 0.479. The average Bonchev–Trinajstić information content (AvgIpc) is 2.22. The summed E-state index contributed by atoms with van der Waals surface area (Å²) >= 11 is 1.51. The van der Waals surface area contributed by atoms with E-state index in [0.29, 0.717) is 11.3 Å². The molecule has 0 aromatic rings. The Labute approximate surface area is 125 Å². The number of rotatable bonds is 9. The normalized spacial score (nSPS) is 13.9. The van der Waals surface area contributed by atoms with Crippen LogP contribution in [0.3, 0.4) is 0 Å². The summed E-state index contributed by atoms with van der Waals surface area (Å²) in [6.45, 7) is 16.0. The van der Waals surface area contributed by atoms with Crippen LogP contribution in [-0.2, 0) is 19.4 Å². The van der Waals surface area contributed by atoms with E-state index in [-0.39, 0.29) is 0 Å². The van der Waals surface area contributed by atoms with E-state index in [2.05, 4.69) is 52.2 Å². The Morgan fingerprint density at radius 2 is 1.67 bits per heavy atom. The van der Waals surface area contributed by atoms with E-state index >= 15 is 0 Å². The van der Waals surface area contributed by atoms with Crippen molar-refractivity contribution in [3.63, 3.8) is 0 Å². The molecule has 0 saturated heterocycles. The van der Waals surface area contributed by atoms with Gasteiger partial charge in [-0.25, -0.2) is 0 Å². The van der Waals surface area contributed by atoms with E-state index in [1.807, 2.05) is 0 Å². The fourth-order valence-corrected chi connectivity index (χ4v) is 2.28. The molecule has 0 radical (unpaired) electrons. The molecule has 0 rings (SSSR count). The number of hydrogen-bond donors (Lipinski definition) is 2. The molecule has 0 aromatic heterocycles. The number of nitrogens with one attached hydrogen (secondary N) is 2. The summed E-state index contributed by atoms with van der Waals surface area (Å²) < 4.78 is 1.30. The maximum atomic E-state index is 3.51. The molecule has 0 heterocycles.